The van der Waals surface area contributed by atoms with Crippen LogP contribution in [0.15, 0.2) is 54.8 Å². The van der Waals surface area contributed by atoms with Crippen molar-refractivity contribution in [3.8, 4) is 0 Å². The highest BCUT2D eigenvalue weighted by atomic mass is 14.9. The van der Waals surface area contributed by atoms with Crippen LogP contribution >= 0.6 is 0 Å². The van der Waals surface area contributed by atoms with Gasteiger partial charge in [-0.3, -0.25) is 0 Å². The quantitative estimate of drug-likeness (QED) is 0.477. The summed E-state index contributed by atoms with van der Waals surface area (Å²) in [5.41, 5.74) is 0.893. The zero-order chi connectivity index (χ0) is 13.2. The fourth-order valence-electron chi connectivity index (χ4n) is 0.660. The van der Waals surface area contributed by atoms with Crippen LogP contribution in [-0.4, -0.2) is 0 Å². The highest BCUT2D eigenvalue weighted by Crippen LogP contribution is 1.91. The molecule has 0 radical (unpaired) electrons. The van der Waals surface area contributed by atoms with Crippen LogP contribution < -0.4 is 4.57 Å². The van der Waals surface area contributed by atoms with Gasteiger partial charge in [-0.25, -0.2) is 4.57 Å². The first-order valence-electron chi connectivity index (χ1n) is 6.16. The topological polar surface area (TPSA) is 3.88 Å². The summed E-state index contributed by atoms with van der Waals surface area (Å²) in [6.45, 7) is 5.66. The van der Waals surface area contributed by atoms with Crippen LogP contribution in [0.4, 0.5) is 0 Å². The van der Waals surface area contributed by atoms with Crippen molar-refractivity contribution in [3.63, 3.8) is 0 Å². The van der Waals surface area contributed by atoms with Gasteiger partial charge in [0.15, 0.2) is 18.9 Å². The Kier molecular flexibility index (Phi) is 1.51. The van der Waals surface area contributed by atoms with Gasteiger partial charge in [0.2, 0.25) is 0 Å². The number of rotatable bonds is 3. The fourth-order valence-corrected chi connectivity index (χ4v) is 0.660. The monoisotopic (exact) mass is 165 g/mol. The molecule has 1 rings (SSSR count). The van der Waals surface area contributed by atoms with Crippen LogP contribution in [0.1, 0.15) is 13.8 Å². The van der Waals surface area contributed by atoms with Gasteiger partial charge in [0.25, 0.3) is 0 Å². The summed E-state index contributed by atoms with van der Waals surface area (Å²) in [4.78, 5) is 0. The highest BCUT2D eigenvalue weighted by molar-refractivity contribution is 5.11. The molecule has 0 fully saturated rings. The van der Waals surface area contributed by atoms with Gasteiger partial charge in [0, 0.05) is 12.1 Å². The van der Waals surface area contributed by atoms with E-state index in [1.165, 1.54) is 4.57 Å². The number of hydrogen-bond acceptors (Lipinski definition) is 0. The second kappa shape index (κ2) is 4.50. The number of hydrogen-bond donors (Lipinski definition) is 0. The molecule has 1 aromatic heterocycles. The minimum atomic E-state index is -0.374. The summed E-state index contributed by atoms with van der Waals surface area (Å²) in [7, 11) is 0. The van der Waals surface area contributed by atoms with Gasteiger partial charge in [-0.05, 0) is 18.6 Å². The van der Waals surface area contributed by atoms with Gasteiger partial charge in [-0.15, -0.1) is 0 Å². The minimum absolute atomic E-state index is 0.218. The van der Waals surface area contributed by atoms with E-state index in [4.69, 9.17) is 6.85 Å². The lowest BCUT2D eigenvalue weighted by molar-refractivity contribution is -0.687. The SMILES string of the molecule is [2H]c1c([2H])c([2H])[n+](C/C=C(/C)C=C)c([2H])c1[2H]. The van der Waals surface area contributed by atoms with Gasteiger partial charge in [-0.1, -0.05) is 18.7 Å². The Hall–Kier alpha value is -1.37. The largest absolute Gasteiger partial charge is 0.201 e. The molecule has 1 heteroatoms. The summed E-state index contributed by atoms with van der Waals surface area (Å²) >= 11 is 0. The summed E-state index contributed by atoms with van der Waals surface area (Å²) in [6, 6.07) is -1.02. The van der Waals surface area contributed by atoms with Crippen molar-refractivity contribution in [2.45, 2.75) is 13.5 Å². The Balaban J connectivity index is 3.30. The molecule has 0 unspecified atom stereocenters. The van der Waals surface area contributed by atoms with E-state index in [9.17, 15) is 0 Å². The number of nitrogens with zero attached hydrogens (tertiary/aromatic N) is 1. The smallest absolute Gasteiger partial charge is 0.169 e. The molecule has 0 amide bonds. The van der Waals surface area contributed by atoms with Crippen molar-refractivity contribution in [2.24, 2.45) is 0 Å². The molecule has 0 atom stereocenters. The van der Waals surface area contributed by atoms with Gasteiger partial charge in [0.05, 0.1) is 4.11 Å². The van der Waals surface area contributed by atoms with Crippen LogP contribution in [0.5, 0.6) is 0 Å². The molecule has 1 heterocycles. The molecule has 0 spiro atoms. The first-order valence-corrected chi connectivity index (χ1v) is 3.66. The third kappa shape index (κ3) is 2.70. The minimum Gasteiger partial charge on any atom is -0.201 e. The molecule has 0 bridgehead atoms. The Labute approximate surface area is 80.7 Å². The number of aromatic nitrogens is 1. The number of pyridine rings is 1. The summed E-state index contributed by atoms with van der Waals surface area (Å²) < 4.78 is 39.0. The average molecular weight is 165 g/mol. The van der Waals surface area contributed by atoms with Crippen molar-refractivity contribution in [3.05, 3.63) is 54.8 Å². The first kappa shape index (κ1) is 4.04. The van der Waals surface area contributed by atoms with Crippen LogP contribution in [0, 0.1) is 0 Å². The van der Waals surface area contributed by atoms with Crippen LogP contribution in [0.25, 0.3) is 0 Å². The molecule has 0 N–H and O–H groups in total. The highest BCUT2D eigenvalue weighted by Gasteiger charge is 1.92. The molecule has 0 aromatic carbocycles. The molecule has 0 saturated carbocycles. The zero-order valence-electron chi connectivity index (χ0n) is 12.0. The zero-order valence-corrected chi connectivity index (χ0v) is 7.02. The van der Waals surface area contributed by atoms with Gasteiger partial charge < -0.3 is 0 Å². The van der Waals surface area contributed by atoms with Crippen LogP contribution in [0.2, 0.25) is 0 Å². The average Bonchev–Trinajstić information content (AvgIpc) is 2.33. The molecule has 0 aliphatic rings. The first-order chi connectivity index (χ1) is 7.90. The van der Waals surface area contributed by atoms with Gasteiger partial charge >= 0.3 is 0 Å². The Morgan fingerprint density at radius 2 is 2.17 bits per heavy atom. The maximum absolute atomic E-state index is 7.67. The maximum Gasteiger partial charge on any atom is 0.169 e. The molecular weight excluding hydrogens is 146 g/mol. The summed E-state index contributed by atoms with van der Waals surface area (Å²) in [6.07, 6.45) is 2.97. The van der Waals surface area contributed by atoms with Crippen LogP contribution in [-0.2, 0) is 6.54 Å². The normalized spacial score (nSPS) is 17.1. The molecule has 12 heavy (non-hydrogen) atoms. The van der Waals surface area contributed by atoms with E-state index in [1.807, 2.05) is 6.92 Å². The molecule has 0 aliphatic carbocycles. The van der Waals surface area contributed by atoms with Crippen molar-refractivity contribution in [1.29, 1.82) is 0 Å². The van der Waals surface area contributed by atoms with Gasteiger partial charge in [-0.2, -0.15) is 0 Å². The molecule has 62 valence electrons. The lowest BCUT2D eigenvalue weighted by atomic mass is 10.3. The standard InChI is InChI=1S/C11H14N/c1-3-11(2)7-10-12-8-5-4-6-9-12/h3-9H,1,10H2,2H3/q+1/b11-7-/i4D,5D,6D,8D,9D. The molecule has 0 aliphatic heterocycles. The van der Waals surface area contributed by atoms with Crippen molar-refractivity contribution in [2.75, 3.05) is 0 Å². The fraction of sp³-hybridized carbons (Fsp3) is 0.182. The second-order valence-electron chi connectivity index (χ2n) is 2.36. The van der Waals surface area contributed by atoms with Crippen molar-refractivity contribution >= 4 is 0 Å². The molecular formula is C11H14N+. The molecule has 0 saturated heterocycles. The Morgan fingerprint density at radius 1 is 1.50 bits per heavy atom. The predicted octanol–water partition coefficient (Wildman–Crippen LogP) is 2.11. The second-order valence-corrected chi connectivity index (χ2v) is 2.36. The van der Waals surface area contributed by atoms with Crippen molar-refractivity contribution in [1.82, 2.24) is 0 Å². The summed E-state index contributed by atoms with van der Waals surface area (Å²) in [5, 5.41) is 0. The molecule has 1 nitrogen and oxygen atoms in total. The Morgan fingerprint density at radius 3 is 2.75 bits per heavy atom. The maximum atomic E-state index is 7.67. The predicted molar refractivity (Wildman–Crippen MR) is 50.6 cm³/mol. The van der Waals surface area contributed by atoms with E-state index in [-0.39, 0.29) is 37.0 Å². The van der Waals surface area contributed by atoms with Crippen molar-refractivity contribution < 1.29 is 11.4 Å². The molecule has 1 aromatic rings. The lowest BCUT2D eigenvalue weighted by Crippen LogP contribution is -2.31. The lowest BCUT2D eigenvalue weighted by Gasteiger charge is -1.91. The van der Waals surface area contributed by atoms with E-state index >= 15 is 0 Å². The number of allylic oxidation sites excluding steroid dienone is 3. The van der Waals surface area contributed by atoms with E-state index in [1.54, 1.807) is 12.2 Å². The van der Waals surface area contributed by atoms with E-state index in [0.29, 0.717) is 0 Å². The van der Waals surface area contributed by atoms with E-state index in [2.05, 4.69) is 6.58 Å². The third-order valence-corrected chi connectivity index (χ3v) is 1.42. The van der Waals surface area contributed by atoms with Gasteiger partial charge in [0.1, 0.15) is 2.74 Å². The van der Waals surface area contributed by atoms with E-state index in [0.717, 1.165) is 5.57 Å². The third-order valence-electron chi connectivity index (χ3n) is 1.42. The summed E-state index contributed by atoms with van der Waals surface area (Å²) in [5.74, 6) is 0. The Bertz CT molecular complexity index is 464. The van der Waals surface area contributed by atoms with Crippen LogP contribution in [0.3, 0.4) is 0 Å². The van der Waals surface area contributed by atoms with E-state index < -0.39 is 0 Å².